The molecular formula is C20H23N5O3. The van der Waals surface area contributed by atoms with E-state index in [1.54, 1.807) is 25.4 Å². The van der Waals surface area contributed by atoms with E-state index in [0.29, 0.717) is 31.9 Å². The Hall–Kier alpha value is -3.00. The predicted molar refractivity (Wildman–Crippen MR) is 105 cm³/mol. The summed E-state index contributed by atoms with van der Waals surface area (Å²) in [6.07, 6.45) is 1.59. The highest BCUT2D eigenvalue weighted by atomic mass is 16.5. The fourth-order valence-corrected chi connectivity index (χ4v) is 3.37. The SMILES string of the molecule is CCOC(=O)c1ccc(Cn2c(C)nc3c(N4CCOCC4)ncnc32)cc1. The molecule has 0 atom stereocenters. The van der Waals surface area contributed by atoms with Crippen molar-refractivity contribution in [2.45, 2.75) is 20.4 Å². The maximum Gasteiger partial charge on any atom is 0.338 e. The number of rotatable bonds is 5. The molecule has 0 radical (unpaired) electrons. The number of benzene rings is 1. The second-order valence-electron chi connectivity index (χ2n) is 6.63. The van der Waals surface area contributed by atoms with Crippen molar-refractivity contribution in [3.8, 4) is 0 Å². The number of nitrogens with zero attached hydrogens (tertiary/aromatic N) is 5. The van der Waals surface area contributed by atoms with E-state index in [1.807, 2.05) is 19.1 Å². The van der Waals surface area contributed by atoms with Crippen molar-refractivity contribution in [2.24, 2.45) is 0 Å². The third-order valence-electron chi connectivity index (χ3n) is 4.82. The Morgan fingerprint density at radius 1 is 1.18 bits per heavy atom. The number of imidazole rings is 1. The van der Waals surface area contributed by atoms with Gasteiger partial charge in [-0.2, -0.15) is 0 Å². The summed E-state index contributed by atoms with van der Waals surface area (Å²) < 4.78 is 12.5. The summed E-state index contributed by atoms with van der Waals surface area (Å²) in [5.41, 5.74) is 3.23. The summed E-state index contributed by atoms with van der Waals surface area (Å²) in [6, 6.07) is 7.44. The summed E-state index contributed by atoms with van der Waals surface area (Å²) in [6.45, 7) is 7.73. The molecule has 2 aromatic heterocycles. The van der Waals surface area contributed by atoms with Crippen LogP contribution in [0, 0.1) is 6.92 Å². The largest absolute Gasteiger partial charge is 0.462 e. The van der Waals surface area contributed by atoms with Gasteiger partial charge in [0.2, 0.25) is 0 Å². The minimum atomic E-state index is -0.304. The standard InChI is InChI=1S/C20H23N5O3/c1-3-28-20(26)16-6-4-15(5-7-16)12-25-14(2)23-17-18(21-13-22-19(17)25)24-8-10-27-11-9-24/h4-7,13H,3,8-12H2,1-2H3. The van der Waals surface area contributed by atoms with Gasteiger partial charge < -0.3 is 18.9 Å². The molecule has 0 bridgehead atoms. The molecule has 3 aromatic rings. The number of fused-ring (bicyclic) bond motifs is 1. The van der Waals surface area contributed by atoms with Crippen LogP contribution in [0.15, 0.2) is 30.6 Å². The Bertz CT molecular complexity index is 977. The third kappa shape index (κ3) is 3.55. The molecule has 0 unspecified atom stereocenters. The predicted octanol–water partition coefficient (Wildman–Crippen LogP) is 2.20. The van der Waals surface area contributed by atoms with Crippen LogP contribution in [0.1, 0.15) is 28.7 Å². The molecule has 0 aliphatic carbocycles. The fourth-order valence-electron chi connectivity index (χ4n) is 3.37. The van der Waals surface area contributed by atoms with Crippen LogP contribution in [0.3, 0.4) is 0 Å². The van der Waals surface area contributed by atoms with Gasteiger partial charge in [0.25, 0.3) is 0 Å². The number of morpholine rings is 1. The normalized spacial score (nSPS) is 14.4. The van der Waals surface area contributed by atoms with E-state index in [4.69, 9.17) is 14.5 Å². The molecule has 8 nitrogen and oxygen atoms in total. The summed E-state index contributed by atoms with van der Waals surface area (Å²) in [5, 5.41) is 0. The van der Waals surface area contributed by atoms with Gasteiger partial charge in [0.15, 0.2) is 17.0 Å². The minimum absolute atomic E-state index is 0.304. The average molecular weight is 381 g/mol. The number of hydrogen-bond donors (Lipinski definition) is 0. The highest BCUT2D eigenvalue weighted by Crippen LogP contribution is 2.24. The van der Waals surface area contributed by atoms with Gasteiger partial charge in [0.1, 0.15) is 12.2 Å². The Balaban J connectivity index is 1.62. The van der Waals surface area contributed by atoms with E-state index in [2.05, 4.69) is 19.4 Å². The lowest BCUT2D eigenvalue weighted by molar-refractivity contribution is 0.0526. The second kappa shape index (κ2) is 7.93. The van der Waals surface area contributed by atoms with Crippen molar-refractivity contribution in [3.63, 3.8) is 0 Å². The number of hydrogen-bond acceptors (Lipinski definition) is 7. The van der Waals surface area contributed by atoms with Crippen LogP contribution < -0.4 is 4.90 Å². The number of anilines is 1. The van der Waals surface area contributed by atoms with Gasteiger partial charge in [-0.25, -0.2) is 19.7 Å². The van der Waals surface area contributed by atoms with Crippen LogP contribution in [0.2, 0.25) is 0 Å². The molecule has 0 N–H and O–H groups in total. The molecule has 1 aliphatic heterocycles. The van der Waals surface area contributed by atoms with Crippen LogP contribution in [0.4, 0.5) is 5.82 Å². The Morgan fingerprint density at radius 3 is 2.64 bits per heavy atom. The van der Waals surface area contributed by atoms with Gasteiger partial charge in [-0.15, -0.1) is 0 Å². The van der Waals surface area contributed by atoms with Crippen LogP contribution in [0.25, 0.3) is 11.2 Å². The fraction of sp³-hybridized carbons (Fsp3) is 0.400. The molecular weight excluding hydrogens is 358 g/mol. The monoisotopic (exact) mass is 381 g/mol. The molecule has 4 rings (SSSR count). The van der Waals surface area contributed by atoms with Crippen molar-refractivity contribution in [2.75, 3.05) is 37.8 Å². The highest BCUT2D eigenvalue weighted by molar-refractivity contribution is 5.89. The van der Waals surface area contributed by atoms with Crippen LogP contribution in [-0.2, 0) is 16.0 Å². The summed E-state index contributed by atoms with van der Waals surface area (Å²) >= 11 is 0. The lowest BCUT2D eigenvalue weighted by Gasteiger charge is -2.27. The van der Waals surface area contributed by atoms with E-state index >= 15 is 0 Å². The average Bonchev–Trinajstić information content (AvgIpc) is 3.04. The molecule has 0 saturated carbocycles. The topological polar surface area (TPSA) is 82.4 Å². The lowest BCUT2D eigenvalue weighted by Crippen LogP contribution is -2.36. The molecule has 8 heteroatoms. The lowest BCUT2D eigenvalue weighted by atomic mass is 10.1. The van der Waals surface area contributed by atoms with Crippen LogP contribution in [0.5, 0.6) is 0 Å². The van der Waals surface area contributed by atoms with Gasteiger partial charge in [-0.3, -0.25) is 0 Å². The highest BCUT2D eigenvalue weighted by Gasteiger charge is 2.20. The van der Waals surface area contributed by atoms with E-state index in [9.17, 15) is 4.79 Å². The second-order valence-corrected chi connectivity index (χ2v) is 6.63. The maximum absolute atomic E-state index is 11.8. The number of aryl methyl sites for hydroxylation is 1. The quantitative estimate of drug-likeness (QED) is 0.627. The first-order valence-corrected chi connectivity index (χ1v) is 9.44. The van der Waals surface area contributed by atoms with E-state index < -0.39 is 0 Å². The van der Waals surface area contributed by atoms with Gasteiger partial charge in [0, 0.05) is 13.1 Å². The van der Waals surface area contributed by atoms with Gasteiger partial charge >= 0.3 is 5.97 Å². The zero-order chi connectivity index (χ0) is 19.5. The van der Waals surface area contributed by atoms with E-state index in [0.717, 1.165) is 41.5 Å². The first kappa shape index (κ1) is 18.4. The maximum atomic E-state index is 11.8. The molecule has 1 aliphatic rings. The minimum Gasteiger partial charge on any atom is -0.462 e. The van der Waals surface area contributed by atoms with Crippen molar-refractivity contribution in [1.29, 1.82) is 0 Å². The summed E-state index contributed by atoms with van der Waals surface area (Å²) in [4.78, 5) is 27.7. The van der Waals surface area contributed by atoms with Crippen LogP contribution in [-0.4, -0.2) is 58.4 Å². The molecule has 0 spiro atoms. The number of ether oxygens (including phenoxy) is 2. The molecule has 1 fully saturated rings. The molecule has 28 heavy (non-hydrogen) atoms. The molecule has 0 amide bonds. The van der Waals surface area contributed by atoms with Gasteiger partial charge in [0.05, 0.1) is 31.9 Å². The Morgan fingerprint density at radius 2 is 1.93 bits per heavy atom. The van der Waals surface area contributed by atoms with Gasteiger partial charge in [-0.05, 0) is 31.5 Å². The number of carbonyl (C=O) groups is 1. The van der Waals surface area contributed by atoms with E-state index in [1.165, 1.54) is 0 Å². The number of carbonyl (C=O) groups excluding carboxylic acids is 1. The summed E-state index contributed by atoms with van der Waals surface area (Å²) in [5.74, 6) is 1.42. The smallest absolute Gasteiger partial charge is 0.338 e. The molecule has 3 heterocycles. The van der Waals surface area contributed by atoms with Crippen molar-refractivity contribution >= 4 is 23.0 Å². The third-order valence-corrected chi connectivity index (χ3v) is 4.82. The van der Waals surface area contributed by atoms with Crippen molar-refractivity contribution < 1.29 is 14.3 Å². The first-order valence-electron chi connectivity index (χ1n) is 9.44. The molecule has 1 aromatic carbocycles. The van der Waals surface area contributed by atoms with Crippen molar-refractivity contribution in [1.82, 2.24) is 19.5 Å². The zero-order valence-corrected chi connectivity index (χ0v) is 16.1. The van der Waals surface area contributed by atoms with Gasteiger partial charge in [-0.1, -0.05) is 12.1 Å². The zero-order valence-electron chi connectivity index (χ0n) is 16.1. The molecule has 1 saturated heterocycles. The number of aromatic nitrogens is 4. The van der Waals surface area contributed by atoms with Crippen LogP contribution >= 0.6 is 0 Å². The Labute approximate surface area is 163 Å². The van der Waals surface area contributed by atoms with E-state index in [-0.39, 0.29) is 5.97 Å². The first-order chi connectivity index (χ1) is 13.7. The molecule has 146 valence electrons. The summed E-state index contributed by atoms with van der Waals surface area (Å²) in [7, 11) is 0. The van der Waals surface area contributed by atoms with Crippen molar-refractivity contribution in [3.05, 3.63) is 47.5 Å². The number of esters is 1. The Kier molecular flexibility index (Phi) is 5.21.